The molecule has 0 fully saturated rings. The Bertz CT molecular complexity index is 521. The van der Waals surface area contributed by atoms with Gasteiger partial charge in [-0.05, 0) is 55.5 Å². The molecule has 0 bridgehead atoms. The Morgan fingerprint density at radius 1 is 0.765 bits per heavy atom. The van der Waals surface area contributed by atoms with Gasteiger partial charge in [0.15, 0.2) is 0 Å². The van der Waals surface area contributed by atoms with Crippen molar-refractivity contribution in [1.29, 1.82) is 0 Å². The molecular formula is C16H19P. The third-order valence-electron chi connectivity index (χ3n) is 3.06. The van der Waals surface area contributed by atoms with Gasteiger partial charge in [-0.25, -0.2) is 0 Å². The van der Waals surface area contributed by atoms with Gasteiger partial charge in [0, 0.05) is 0 Å². The largest absolute Gasteiger partial charge is 0.0933 e. The van der Waals surface area contributed by atoms with Crippen LogP contribution in [0.4, 0.5) is 0 Å². The fourth-order valence-electron chi connectivity index (χ4n) is 2.21. The van der Waals surface area contributed by atoms with Gasteiger partial charge in [0.05, 0.1) is 0 Å². The zero-order valence-corrected chi connectivity index (χ0v) is 12.0. The fourth-order valence-corrected chi connectivity index (χ4v) is 2.99. The first kappa shape index (κ1) is 12.3. The van der Waals surface area contributed by atoms with Crippen LogP contribution >= 0.6 is 8.58 Å². The summed E-state index contributed by atoms with van der Waals surface area (Å²) in [6.07, 6.45) is 0. The van der Waals surface area contributed by atoms with Gasteiger partial charge in [0.25, 0.3) is 0 Å². The minimum atomic E-state index is 0.865. The van der Waals surface area contributed by atoms with Gasteiger partial charge in [0.1, 0.15) is 0 Å². The van der Waals surface area contributed by atoms with E-state index in [0.29, 0.717) is 0 Å². The summed E-state index contributed by atoms with van der Waals surface area (Å²) in [4.78, 5) is 0. The minimum Gasteiger partial charge on any atom is -0.0933 e. The molecule has 1 heteroatoms. The van der Waals surface area contributed by atoms with Gasteiger partial charge >= 0.3 is 0 Å². The van der Waals surface area contributed by atoms with Gasteiger partial charge < -0.3 is 0 Å². The summed E-state index contributed by atoms with van der Waals surface area (Å²) < 4.78 is 0. The molecule has 88 valence electrons. The normalized spacial score (nSPS) is 11.3. The molecule has 0 amide bonds. The zero-order valence-electron chi connectivity index (χ0n) is 11.0. The molecule has 0 aliphatic carbocycles. The lowest BCUT2D eigenvalue weighted by molar-refractivity contribution is 1.38. The Labute approximate surface area is 106 Å². The maximum absolute atomic E-state index is 2.34. The van der Waals surface area contributed by atoms with Crippen molar-refractivity contribution in [3.63, 3.8) is 0 Å². The Morgan fingerprint density at radius 3 is 2.00 bits per heavy atom. The smallest absolute Gasteiger partial charge is 0.0177 e. The highest BCUT2D eigenvalue weighted by Crippen LogP contribution is 2.23. The van der Waals surface area contributed by atoms with E-state index in [9.17, 15) is 0 Å². The van der Waals surface area contributed by atoms with Crippen LogP contribution in [0, 0.1) is 20.8 Å². The second-order valence-corrected chi connectivity index (χ2v) is 5.69. The van der Waals surface area contributed by atoms with Crippen LogP contribution in [-0.2, 0) is 0 Å². The monoisotopic (exact) mass is 242 g/mol. The lowest BCUT2D eigenvalue weighted by Gasteiger charge is -2.09. The average Bonchev–Trinajstić information content (AvgIpc) is 2.28. The zero-order chi connectivity index (χ0) is 12.4. The van der Waals surface area contributed by atoms with Crippen molar-refractivity contribution in [3.05, 3.63) is 53.1 Å². The van der Waals surface area contributed by atoms with Crippen molar-refractivity contribution in [2.24, 2.45) is 0 Å². The predicted molar refractivity (Wildman–Crippen MR) is 80.0 cm³/mol. The third-order valence-corrected chi connectivity index (χ3v) is 4.14. The minimum absolute atomic E-state index is 0.865. The number of rotatable bonds is 2. The van der Waals surface area contributed by atoms with Crippen LogP contribution in [0.3, 0.4) is 0 Å². The summed E-state index contributed by atoms with van der Waals surface area (Å²) in [5.74, 6) is 0. The molecule has 17 heavy (non-hydrogen) atoms. The predicted octanol–water partition coefficient (Wildman–Crippen LogP) is 4.21. The maximum Gasteiger partial charge on any atom is -0.0177 e. The fraction of sp³-hybridized carbons (Fsp3) is 0.250. The highest BCUT2D eigenvalue weighted by atomic mass is 31.1. The van der Waals surface area contributed by atoms with Gasteiger partial charge in [-0.15, -0.1) is 0 Å². The third kappa shape index (κ3) is 2.76. The molecule has 0 aliphatic rings. The molecule has 1 atom stereocenters. The molecule has 2 aromatic carbocycles. The van der Waals surface area contributed by atoms with E-state index in [1.165, 1.54) is 33.1 Å². The molecule has 0 radical (unpaired) electrons. The molecule has 0 saturated heterocycles. The Balaban J connectivity index is 2.52. The molecule has 0 N–H and O–H groups in total. The Hall–Kier alpha value is -1.13. The van der Waals surface area contributed by atoms with Crippen molar-refractivity contribution in [2.75, 3.05) is 6.66 Å². The first-order chi connectivity index (χ1) is 8.10. The second-order valence-electron chi connectivity index (χ2n) is 4.66. The van der Waals surface area contributed by atoms with Gasteiger partial charge in [-0.1, -0.05) is 50.0 Å². The van der Waals surface area contributed by atoms with Crippen LogP contribution in [0.1, 0.15) is 16.7 Å². The van der Waals surface area contributed by atoms with Crippen LogP contribution in [0.2, 0.25) is 0 Å². The standard InChI is InChI=1S/C16H19P/c1-11-7-12(2)9-15(8-11)14-6-5-13(3)16(10-14)17-4/h5-10,17H,1-4H3. The van der Waals surface area contributed by atoms with Crippen molar-refractivity contribution >= 4 is 13.9 Å². The van der Waals surface area contributed by atoms with Crippen molar-refractivity contribution in [2.45, 2.75) is 20.8 Å². The summed E-state index contributed by atoms with van der Waals surface area (Å²) >= 11 is 0. The van der Waals surface area contributed by atoms with Crippen LogP contribution in [0.5, 0.6) is 0 Å². The molecule has 0 aliphatic heterocycles. The lowest BCUT2D eigenvalue weighted by Crippen LogP contribution is -1.99. The Morgan fingerprint density at radius 2 is 1.41 bits per heavy atom. The molecule has 0 saturated carbocycles. The van der Waals surface area contributed by atoms with E-state index in [1.807, 2.05) is 0 Å². The van der Waals surface area contributed by atoms with Crippen LogP contribution in [0.25, 0.3) is 11.1 Å². The van der Waals surface area contributed by atoms with E-state index in [-0.39, 0.29) is 0 Å². The number of benzene rings is 2. The van der Waals surface area contributed by atoms with Gasteiger partial charge in [0.2, 0.25) is 0 Å². The van der Waals surface area contributed by atoms with E-state index in [0.717, 1.165) is 8.58 Å². The Kier molecular flexibility index (Phi) is 3.64. The van der Waals surface area contributed by atoms with Crippen LogP contribution < -0.4 is 5.30 Å². The number of hydrogen-bond donors (Lipinski definition) is 0. The molecule has 0 aromatic heterocycles. The second kappa shape index (κ2) is 5.02. The highest BCUT2D eigenvalue weighted by Gasteiger charge is 2.02. The molecule has 0 nitrogen and oxygen atoms in total. The quantitative estimate of drug-likeness (QED) is 0.692. The molecule has 0 spiro atoms. The van der Waals surface area contributed by atoms with Crippen molar-refractivity contribution in [3.8, 4) is 11.1 Å². The molecular weight excluding hydrogens is 223 g/mol. The summed E-state index contributed by atoms with van der Waals surface area (Å²) in [5.41, 5.74) is 6.75. The van der Waals surface area contributed by atoms with E-state index in [4.69, 9.17) is 0 Å². The van der Waals surface area contributed by atoms with Crippen molar-refractivity contribution in [1.82, 2.24) is 0 Å². The first-order valence-corrected chi connectivity index (χ1v) is 7.47. The molecule has 0 heterocycles. The summed E-state index contributed by atoms with van der Waals surface area (Å²) in [6.45, 7) is 8.76. The summed E-state index contributed by atoms with van der Waals surface area (Å²) in [5, 5.41) is 1.47. The van der Waals surface area contributed by atoms with Crippen LogP contribution in [-0.4, -0.2) is 6.66 Å². The van der Waals surface area contributed by atoms with E-state index in [2.05, 4.69) is 63.8 Å². The topological polar surface area (TPSA) is 0 Å². The van der Waals surface area contributed by atoms with E-state index >= 15 is 0 Å². The van der Waals surface area contributed by atoms with E-state index in [1.54, 1.807) is 0 Å². The van der Waals surface area contributed by atoms with Gasteiger partial charge in [-0.3, -0.25) is 0 Å². The molecule has 2 aromatic rings. The van der Waals surface area contributed by atoms with Crippen molar-refractivity contribution < 1.29 is 0 Å². The number of hydrogen-bond acceptors (Lipinski definition) is 0. The summed E-state index contributed by atoms with van der Waals surface area (Å²) in [6, 6.07) is 13.6. The molecule has 2 rings (SSSR count). The maximum atomic E-state index is 2.34. The van der Waals surface area contributed by atoms with Crippen LogP contribution in [0.15, 0.2) is 36.4 Å². The SMILES string of the molecule is CPc1cc(-c2cc(C)cc(C)c2)ccc1C. The molecule has 1 unspecified atom stereocenters. The highest BCUT2D eigenvalue weighted by molar-refractivity contribution is 7.46. The average molecular weight is 242 g/mol. The lowest BCUT2D eigenvalue weighted by atomic mass is 10.00. The van der Waals surface area contributed by atoms with Gasteiger partial charge in [-0.2, -0.15) is 0 Å². The number of aryl methyl sites for hydroxylation is 3. The van der Waals surface area contributed by atoms with E-state index < -0.39 is 0 Å². The summed E-state index contributed by atoms with van der Waals surface area (Å²) in [7, 11) is 0.865. The first-order valence-electron chi connectivity index (χ1n) is 5.97.